The van der Waals surface area contributed by atoms with E-state index >= 15 is 0 Å². The minimum absolute atomic E-state index is 0.0806. The largest absolute Gasteiger partial charge is 0.481 e. The van der Waals surface area contributed by atoms with Crippen molar-refractivity contribution >= 4 is 0 Å². The lowest BCUT2D eigenvalue weighted by Crippen LogP contribution is -2.35. The van der Waals surface area contributed by atoms with E-state index in [4.69, 9.17) is 15.6 Å². The fourth-order valence-electron chi connectivity index (χ4n) is 1.84. The summed E-state index contributed by atoms with van der Waals surface area (Å²) in [6, 6.07) is 4.19. The molecule has 0 aliphatic rings. The van der Waals surface area contributed by atoms with Crippen LogP contribution in [0.3, 0.4) is 0 Å². The van der Waals surface area contributed by atoms with E-state index in [9.17, 15) is 0 Å². The van der Waals surface area contributed by atoms with Gasteiger partial charge in [-0.25, -0.2) is 4.98 Å². The topological polar surface area (TPSA) is 80.4 Å². The van der Waals surface area contributed by atoms with Crippen LogP contribution < -0.4 is 15.8 Å². The molecule has 0 bridgehead atoms. The lowest BCUT2D eigenvalue weighted by molar-refractivity contribution is 0.274. The molecule has 18 heavy (non-hydrogen) atoms. The predicted octanol–water partition coefficient (Wildman–Crippen LogP) is 0.841. The van der Waals surface area contributed by atoms with Crippen molar-refractivity contribution in [3.63, 3.8) is 0 Å². The van der Waals surface area contributed by atoms with Gasteiger partial charge >= 0.3 is 0 Å². The Morgan fingerprint density at radius 2 is 2.28 bits per heavy atom. The van der Waals surface area contributed by atoms with Crippen LogP contribution in [-0.2, 0) is 0 Å². The number of methoxy groups -OCH3 is 1. The Hall–Kier alpha value is -1.17. The second-order valence-electron chi connectivity index (χ2n) is 4.36. The van der Waals surface area contributed by atoms with E-state index < -0.39 is 0 Å². The summed E-state index contributed by atoms with van der Waals surface area (Å²) < 4.78 is 5.03. The van der Waals surface area contributed by atoms with Gasteiger partial charge in [0.05, 0.1) is 7.11 Å². The molecule has 1 aromatic heterocycles. The zero-order chi connectivity index (χ0) is 13.4. The van der Waals surface area contributed by atoms with Crippen LogP contribution in [0.2, 0.25) is 0 Å². The van der Waals surface area contributed by atoms with Gasteiger partial charge in [0.2, 0.25) is 5.88 Å². The smallest absolute Gasteiger partial charge is 0.212 e. The minimum atomic E-state index is 0.0806. The van der Waals surface area contributed by atoms with Gasteiger partial charge in [-0.1, -0.05) is 6.07 Å². The van der Waals surface area contributed by atoms with Crippen molar-refractivity contribution in [1.82, 2.24) is 10.3 Å². The van der Waals surface area contributed by atoms with Crippen LogP contribution in [0.15, 0.2) is 18.3 Å². The van der Waals surface area contributed by atoms with E-state index in [1.54, 1.807) is 13.3 Å². The Labute approximate surface area is 108 Å². The monoisotopic (exact) mass is 253 g/mol. The quantitative estimate of drug-likeness (QED) is 0.639. The third kappa shape index (κ3) is 4.60. The molecule has 0 saturated carbocycles. The zero-order valence-corrected chi connectivity index (χ0v) is 11.1. The lowest BCUT2D eigenvalue weighted by Gasteiger charge is -2.22. The van der Waals surface area contributed by atoms with Crippen LogP contribution in [0, 0.1) is 0 Å². The molecule has 0 fully saturated rings. The summed E-state index contributed by atoms with van der Waals surface area (Å²) in [5.74, 6) is 0.600. The summed E-state index contributed by atoms with van der Waals surface area (Å²) in [4.78, 5) is 4.18. The molecular formula is C13H23N3O2. The molecule has 2 atom stereocenters. The van der Waals surface area contributed by atoms with Crippen molar-refractivity contribution < 1.29 is 9.84 Å². The first kappa shape index (κ1) is 14.9. The summed E-state index contributed by atoms with van der Waals surface area (Å²) in [7, 11) is 1.59. The maximum atomic E-state index is 8.80. The van der Waals surface area contributed by atoms with E-state index in [0.29, 0.717) is 18.5 Å². The average molecular weight is 253 g/mol. The first-order chi connectivity index (χ1) is 8.71. The Morgan fingerprint density at radius 1 is 1.50 bits per heavy atom. The van der Waals surface area contributed by atoms with Crippen molar-refractivity contribution in [2.75, 3.05) is 20.3 Å². The first-order valence-electron chi connectivity index (χ1n) is 6.28. The van der Waals surface area contributed by atoms with E-state index in [2.05, 4.69) is 17.2 Å². The Kier molecular flexibility index (Phi) is 6.64. The molecule has 1 heterocycles. The van der Waals surface area contributed by atoms with Gasteiger partial charge in [0.1, 0.15) is 0 Å². The van der Waals surface area contributed by atoms with Crippen LogP contribution in [0.4, 0.5) is 0 Å². The number of aliphatic hydroxyl groups is 1. The highest BCUT2D eigenvalue weighted by Gasteiger charge is 2.13. The van der Waals surface area contributed by atoms with Crippen LogP contribution >= 0.6 is 0 Å². The van der Waals surface area contributed by atoms with Crippen molar-refractivity contribution in [3.8, 4) is 5.88 Å². The van der Waals surface area contributed by atoms with Crippen molar-refractivity contribution in [3.05, 3.63) is 23.9 Å². The van der Waals surface area contributed by atoms with Gasteiger partial charge in [0.25, 0.3) is 0 Å². The normalized spacial score (nSPS) is 14.2. The number of ether oxygens (including phenoxy) is 1. The number of rotatable bonds is 8. The highest BCUT2D eigenvalue weighted by atomic mass is 16.5. The fourth-order valence-corrected chi connectivity index (χ4v) is 1.84. The maximum absolute atomic E-state index is 8.80. The summed E-state index contributed by atoms with van der Waals surface area (Å²) >= 11 is 0. The Balaban J connectivity index is 2.58. The molecule has 0 aliphatic heterocycles. The molecule has 5 nitrogen and oxygen atoms in total. The van der Waals surface area contributed by atoms with Gasteiger partial charge in [0, 0.05) is 37.5 Å². The van der Waals surface area contributed by atoms with Gasteiger partial charge in [-0.2, -0.15) is 0 Å². The molecule has 102 valence electrons. The third-order valence-corrected chi connectivity index (χ3v) is 2.89. The number of nitrogens with two attached hydrogens (primary N) is 1. The molecular weight excluding hydrogens is 230 g/mol. The highest BCUT2D eigenvalue weighted by molar-refractivity contribution is 5.21. The number of aromatic nitrogens is 1. The third-order valence-electron chi connectivity index (χ3n) is 2.89. The molecule has 0 spiro atoms. The van der Waals surface area contributed by atoms with Gasteiger partial charge < -0.3 is 20.9 Å². The highest BCUT2D eigenvalue weighted by Crippen LogP contribution is 2.15. The molecule has 0 radical (unpaired) electrons. The van der Waals surface area contributed by atoms with Gasteiger partial charge in [-0.05, 0) is 25.3 Å². The second-order valence-corrected chi connectivity index (χ2v) is 4.36. The van der Waals surface area contributed by atoms with Crippen LogP contribution in [0.5, 0.6) is 5.88 Å². The number of nitrogens with one attached hydrogen (secondary N) is 1. The summed E-state index contributed by atoms with van der Waals surface area (Å²) in [5, 5.41) is 12.2. The maximum Gasteiger partial charge on any atom is 0.212 e. The van der Waals surface area contributed by atoms with Crippen LogP contribution in [0.25, 0.3) is 0 Å². The Morgan fingerprint density at radius 3 is 2.78 bits per heavy atom. The standard InChI is InChI=1S/C13H23N3O2/c1-10(4-3-7-17)16-12(8-14)11-5-6-13(18-2)15-9-11/h5-6,9-10,12,16-17H,3-4,7-8,14H2,1-2H3. The summed E-state index contributed by atoms with van der Waals surface area (Å²) in [5.41, 5.74) is 6.83. The van der Waals surface area contributed by atoms with E-state index in [1.807, 2.05) is 12.1 Å². The van der Waals surface area contributed by atoms with Crippen LogP contribution in [-0.4, -0.2) is 36.4 Å². The summed E-state index contributed by atoms with van der Waals surface area (Å²) in [6.45, 7) is 2.83. The number of nitrogens with zero attached hydrogens (tertiary/aromatic N) is 1. The minimum Gasteiger partial charge on any atom is -0.481 e. The second kappa shape index (κ2) is 8.02. The number of hydrogen-bond acceptors (Lipinski definition) is 5. The molecule has 0 saturated heterocycles. The SMILES string of the molecule is COc1ccc(C(CN)NC(C)CCCO)cn1. The van der Waals surface area contributed by atoms with Crippen LogP contribution in [0.1, 0.15) is 31.4 Å². The van der Waals surface area contributed by atoms with Gasteiger partial charge in [-0.3, -0.25) is 0 Å². The fraction of sp³-hybridized carbons (Fsp3) is 0.615. The van der Waals surface area contributed by atoms with E-state index in [0.717, 1.165) is 18.4 Å². The molecule has 0 amide bonds. The van der Waals surface area contributed by atoms with Gasteiger partial charge in [-0.15, -0.1) is 0 Å². The molecule has 1 aromatic rings. The number of aliphatic hydroxyl groups excluding tert-OH is 1. The molecule has 0 aliphatic carbocycles. The molecule has 2 unspecified atom stereocenters. The lowest BCUT2D eigenvalue weighted by atomic mass is 10.1. The van der Waals surface area contributed by atoms with E-state index in [-0.39, 0.29) is 12.6 Å². The number of pyridine rings is 1. The van der Waals surface area contributed by atoms with Gasteiger partial charge in [0.15, 0.2) is 0 Å². The van der Waals surface area contributed by atoms with E-state index in [1.165, 1.54) is 0 Å². The molecule has 5 heteroatoms. The van der Waals surface area contributed by atoms with Crippen molar-refractivity contribution in [2.45, 2.75) is 31.8 Å². The Bertz CT molecular complexity index is 330. The average Bonchev–Trinajstić information content (AvgIpc) is 2.42. The first-order valence-corrected chi connectivity index (χ1v) is 6.28. The molecule has 4 N–H and O–H groups in total. The number of hydrogen-bond donors (Lipinski definition) is 3. The molecule has 0 aromatic carbocycles. The molecule has 1 rings (SSSR count). The summed E-state index contributed by atoms with van der Waals surface area (Å²) in [6.07, 6.45) is 3.50. The van der Waals surface area contributed by atoms with Crippen molar-refractivity contribution in [2.24, 2.45) is 5.73 Å². The zero-order valence-electron chi connectivity index (χ0n) is 11.1. The van der Waals surface area contributed by atoms with Crippen molar-refractivity contribution in [1.29, 1.82) is 0 Å². The predicted molar refractivity (Wildman–Crippen MR) is 71.5 cm³/mol.